The molecule has 0 unspecified atom stereocenters. The van der Waals surface area contributed by atoms with Gasteiger partial charge in [-0.1, -0.05) is 0 Å². The zero-order valence-corrected chi connectivity index (χ0v) is 4.02. The summed E-state index contributed by atoms with van der Waals surface area (Å²) in [5.74, 6) is 8.81. The molecule has 0 bridgehead atoms. The van der Waals surface area contributed by atoms with Gasteiger partial charge in [0.05, 0.1) is 0 Å². The molecule has 0 N–H and O–H groups in total. The van der Waals surface area contributed by atoms with Crippen molar-refractivity contribution in [1.82, 2.24) is 0 Å². The van der Waals surface area contributed by atoms with E-state index < -0.39 is 0 Å². The highest BCUT2D eigenvalue weighted by Crippen LogP contribution is 1.53. The molecule has 0 saturated carbocycles. The van der Waals surface area contributed by atoms with Gasteiger partial charge < -0.3 is 0 Å². The van der Waals surface area contributed by atoms with Crippen LogP contribution in [0.5, 0.6) is 0 Å². The van der Waals surface area contributed by atoms with Crippen molar-refractivity contribution in [2.45, 2.75) is 0 Å². The summed E-state index contributed by atoms with van der Waals surface area (Å²) < 4.78 is 0. The van der Waals surface area contributed by atoms with Crippen LogP contribution in [-0.2, 0) is 0 Å². The van der Waals surface area contributed by atoms with Crippen LogP contribution in [0.2, 0.25) is 0 Å². The minimum absolute atomic E-state index is 2.06. The molecule has 1 heteroatoms. The highest BCUT2D eigenvalue weighted by atomic mass is 14.6. The Labute approximate surface area is 48.5 Å². The van der Waals surface area contributed by atoms with Gasteiger partial charge in [0.25, 0.3) is 0 Å². The number of hydrogen-bond donors (Lipinski definition) is 0. The van der Waals surface area contributed by atoms with E-state index in [9.17, 15) is 0 Å². The first-order chi connectivity index (χ1) is 3.91. The summed E-state index contributed by atoms with van der Waals surface area (Å²) in [5, 5.41) is 0. The van der Waals surface area contributed by atoms with Crippen LogP contribution >= 0.6 is 0 Å². The summed E-state index contributed by atoms with van der Waals surface area (Å²) in [7, 11) is 0. The Balaban J connectivity index is 3.85. The lowest BCUT2D eigenvalue weighted by molar-refractivity contribution is 2.24. The summed E-state index contributed by atoms with van der Waals surface area (Å²) in [6, 6.07) is 2.06. The van der Waals surface area contributed by atoms with Crippen LogP contribution in [0, 0.1) is 42.7 Å². The molecule has 0 heterocycles. The van der Waals surface area contributed by atoms with E-state index in [0.29, 0.717) is 0 Å². The molecule has 0 spiro atoms. The number of hydrogen-bond acceptors (Lipinski definition) is 0. The predicted octanol–water partition coefficient (Wildman–Crippen LogP) is 0.503. The molecule has 0 aliphatic rings. The molecule has 0 fully saturated rings. The highest BCUT2D eigenvalue weighted by Gasteiger charge is 1.48. The topological polar surface area (TPSA) is 4.36 Å². The van der Waals surface area contributed by atoms with Crippen LogP contribution in [0.15, 0.2) is 0 Å². The van der Waals surface area contributed by atoms with Gasteiger partial charge in [-0.2, -0.15) is 4.85 Å². The molecular weight excluding hydrogens is 98.1 g/mol. The van der Waals surface area contributed by atoms with Crippen molar-refractivity contribution in [2.75, 3.05) is 0 Å². The van der Waals surface area contributed by atoms with Crippen molar-refractivity contribution in [3.63, 3.8) is 0 Å². The molecule has 0 saturated heterocycles. The smallest absolute Gasteiger partial charge is 0.146 e. The van der Waals surface area contributed by atoms with E-state index in [2.05, 4.69) is 34.6 Å². The third-order valence-corrected chi connectivity index (χ3v) is 0.309. The van der Waals surface area contributed by atoms with Crippen molar-refractivity contribution in [3.8, 4) is 36.1 Å². The molecule has 0 aromatic carbocycles. The van der Waals surface area contributed by atoms with Gasteiger partial charge >= 0.3 is 0 Å². The van der Waals surface area contributed by atoms with Gasteiger partial charge in [-0.3, -0.25) is 0 Å². The van der Waals surface area contributed by atoms with Crippen LogP contribution in [-0.4, -0.2) is 0 Å². The normalized spacial score (nSPS) is 3.25. The van der Waals surface area contributed by atoms with Crippen molar-refractivity contribution in [2.24, 2.45) is 0 Å². The molecule has 1 nitrogen and oxygen atoms in total. The second kappa shape index (κ2) is 5.17. The maximum atomic E-state index is 6.17. The average molecular weight is 99.1 g/mol. The van der Waals surface area contributed by atoms with Crippen LogP contribution < -0.4 is 0 Å². The quantitative estimate of drug-likeness (QED) is 0.308. The first-order valence-electron chi connectivity index (χ1n) is 1.74. The first-order valence-corrected chi connectivity index (χ1v) is 1.74. The molecule has 0 aromatic heterocycles. The van der Waals surface area contributed by atoms with Gasteiger partial charge in [-0.25, -0.2) is 0 Å². The molecular formula is C7HN. The summed E-state index contributed by atoms with van der Waals surface area (Å²) in [5.41, 5.74) is 0. The largest absolute Gasteiger partial charge is 0.193 e. The molecule has 0 aliphatic carbocycles. The fraction of sp³-hybridized carbons (Fsp3) is 0. The standard InChI is InChI=1S/C7HN/c1-3-4-5-6-7-8-2/h1H. The van der Waals surface area contributed by atoms with Gasteiger partial charge in [0.15, 0.2) is 0 Å². The zero-order chi connectivity index (χ0) is 6.24. The fourth-order valence-corrected chi connectivity index (χ4v) is 0.123. The minimum Gasteiger partial charge on any atom is -0.193 e. The summed E-state index contributed by atoms with van der Waals surface area (Å²) in [6.45, 7) is 6.17. The third kappa shape index (κ3) is 4.17. The molecule has 0 aliphatic heterocycles. The molecule has 34 valence electrons. The van der Waals surface area contributed by atoms with E-state index in [1.165, 1.54) is 0 Å². The maximum absolute atomic E-state index is 6.17. The number of rotatable bonds is 0. The van der Waals surface area contributed by atoms with Crippen molar-refractivity contribution in [1.29, 1.82) is 0 Å². The van der Waals surface area contributed by atoms with Gasteiger partial charge in [-0.05, 0) is 23.7 Å². The van der Waals surface area contributed by atoms with Crippen LogP contribution in [0.3, 0.4) is 0 Å². The molecule has 0 radical (unpaired) electrons. The lowest BCUT2D eigenvalue weighted by Crippen LogP contribution is -1.46. The van der Waals surface area contributed by atoms with E-state index >= 15 is 0 Å². The van der Waals surface area contributed by atoms with Crippen LogP contribution in [0.4, 0.5) is 0 Å². The Morgan fingerprint density at radius 2 is 2.00 bits per heavy atom. The van der Waals surface area contributed by atoms with Crippen LogP contribution in [0.1, 0.15) is 0 Å². The van der Waals surface area contributed by atoms with Crippen LogP contribution in [0.25, 0.3) is 4.85 Å². The Kier molecular flexibility index (Phi) is 3.99. The van der Waals surface area contributed by atoms with Gasteiger partial charge in [-0.15, -0.1) is 6.42 Å². The predicted molar refractivity (Wildman–Crippen MR) is 31.0 cm³/mol. The summed E-state index contributed by atoms with van der Waals surface area (Å²) >= 11 is 0. The van der Waals surface area contributed by atoms with E-state index in [-0.39, 0.29) is 0 Å². The van der Waals surface area contributed by atoms with E-state index in [0.717, 1.165) is 0 Å². The van der Waals surface area contributed by atoms with Crippen molar-refractivity contribution < 1.29 is 0 Å². The molecule has 0 atom stereocenters. The molecule has 8 heavy (non-hydrogen) atoms. The van der Waals surface area contributed by atoms with Gasteiger partial charge in [0.2, 0.25) is 0 Å². The zero-order valence-electron chi connectivity index (χ0n) is 4.02. The lowest BCUT2D eigenvalue weighted by atomic mass is 10.6. The molecule has 0 rings (SSSR count). The summed E-state index contributed by atoms with van der Waals surface area (Å²) in [4.78, 5) is 2.73. The fourth-order valence-electron chi connectivity index (χ4n) is 0.123. The van der Waals surface area contributed by atoms with E-state index in [4.69, 9.17) is 13.0 Å². The second-order valence-electron chi connectivity index (χ2n) is 0.743. The minimum atomic E-state index is 2.06. The number of nitrogens with zero attached hydrogens (tertiary/aromatic N) is 1. The monoisotopic (exact) mass is 99.0 g/mol. The van der Waals surface area contributed by atoms with Gasteiger partial charge in [0, 0.05) is 0 Å². The van der Waals surface area contributed by atoms with Crippen molar-refractivity contribution >= 4 is 0 Å². The number of terminal acetylenes is 1. The third-order valence-electron chi connectivity index (χ3n) is 0.309. The Bertz CT molecular complexity index is 221. The van der Waals surface area contributed by atoms with Crippen molar-refractivity contribution in [3.05, 3.63) is 11.4 Å². The first kappa shape index (κ1) is 6.17. The Morgan fingerprint density at radius 3 is 2.50 bits per heavy atom. The van der Waals surface area contributed by atoms with Gasteiger partial charge in [0.1, 0.15) is 12.6 Å². The lowest BCUT2D eigenvalue weighted by Gasteiger charge is -1.50. The van der Waals surface area contributed by atoms with E-state index in [1.807, 2.05) is 0 Å². The molecule has 0 amide bonds. The SMILES string of the molecule is [C-]#[N+]C#CC#CC#C. The molecule has 0 aromatic rings. The Morgan fingerprint density at radius 1 is 1.25 bits per heavy atom. The Hall–Kier alpha value is -1.83. The second-order valence-corrected chi connectivity index (χ2v) is 0.743. The highest BCUT2D eigenvalue weighted by molar-refractivity contribution is 5.34. The summed E-state index contributed by atoms with van der Waals surface area (Å²) in [6.07, 6.45) is 4.74. The average Bonchev–Trinajstić information content (AvgIpc) is 1.81. The maximum Gasteiger partial charge on any atom is 0.146 e. The van der Waals surface area contributed by atoms with E-state index in [1.54, 1.807) is 0 Å².